The first-order valence-electron chi connectivity index (χ1n) is 12.9. The number of benzene rings is 4. The number of nitrogens with one attached hydrogen (secondary N) is 2. The lowest BCUT2D eigenvalue weighted by atomic mass is 10.1. The molecule has 44 heavy (non-hydrogen) atoms. The van der Waals surface area contributed by atoms with Crippen molar-refractivity contribution in [1.29, 1.82) is 0 Å². The van der Waals surface area contributed by atoms with Crippen molar-refractivity contribution in [3.8, 4) is 11.5 Å². The van der Waals surface area contributed by atoms with Gasteiger partial charge in [0.15, 0.2) is 11.5 Å². The molecule has 0 atom stereocenters. The zero-order chi connectivity index (χ0) is 32.2. The van der Waals surface area contributed by atoms with Gasteiger partial charge < -0.3 is 14.8 Å². The molecule has 0 saturated heterocycles. The third kappa shape index (κ3) is 7.39. The van der Waals surface area contributed by atoms with Crippen LogP contribution in [-0.2, 0) is 24.8 Å². The third-order valence-corrected chi connectivity index (χ3v) is 10.3. The quantitative estimate of drug-likeness (QED) is 0.191. The summed E-state index contributed by atoms with van der Waals surface area (Å²) in [6.07, 6.45) is 0. The van der Waals surface area contributed by atoms with Crippen LogP contribution in [-0.4, -0.2) is 43.5 Å². The minimum Gasteiger partial charge on any atom is -0.493 e. The van der Waals surface area contributed by atoms with Crippen molar-refractivity contribution in [2.45, 2.75) is 23.6 Å². The standard InChI is InChI=1S/C30H29Cl2N3O7S2/c1-19-14-20(2)16-22(15-19)35(44(39,40)24-12-13-27(41-3)28(17-24)42-4)18-29(36)33-21-8-10-23(11-9-21)43(37,38)34-26-7-5-6-25(31)30(26)32/h5-17,34H,18H2,1-4H3,(H,33,36). The maximum Gasteiger partial charge on any atom is 0.264 e. The number of carbonyl (C=O) groups excluding carboxylic acids is 1. The van der Waals surface area contributed by atoms with E-state index < -0.39 is 32.5 Å². The first-order chi connectivity index (χ1) is 20.7. The van der Waals surface area contributed by atoms with Gasteiger partial charge >= 0.3 is 0 Å². The van der Waals surface area contributed by atoms with Gasteiger partial charge in [-0.1, -0.05) is 35.3 Å². The molecular formula is C30H29Cl2N3O7S2. The highest BCUT2D eigenvalue weighted by molar-refractivity contribution is 7.93. The van der Waals surface area contributed by atoms with Crippen molar-refractivity contribution in [3.05, 3.63) is 100 Å². The minimum absolute atomic E-state index is 0.0537. The summed E-state index contributed by atoms with van der Waals surface area (Å²) in [7, 11) is -5.47. The number of amides is 1. The van der Waals surface area contributed by atoms with E-state index in [0.717, 1.165) is 15.4 Å². The minimum atomic E-state index is -4.27. The normalized spacial score (nSPS) is 11.5. The van der Waals surface area contributed by atoms with Gasteiger partial charge in [0, 0.05) is 11.8 Å². The smallest absolute Gasteiger partial charge is 0.264 e. The Morgan fingerprint density at radius 3 is 2.02 bits per heavy atom. The molecule has 4 aromatic rings. The molecule has 4 rings (SSSR count). The van der Waals surface area contributed by atoms with Gasteiger partial charge in [0.05, 0.1) is 45.4 Å². The first-order valence-corrected chi connectivity index (χ1v) is 16.6. The van der Waals surface area contributed by atoms with Crippen molar-refractivity contribution in [2.24, 2.45) is 0 Å². The second-order valence-electron chi connectivity index (χ2n) is 9.65. The highest BCUT2D eigenvalue weighted by Gasteiger charge is 2.29. The monoisotopic (exact) mass is 677 g/mol. The molecule has 1 amide bonds. The van der Waals surface area contributed by atoms with E-state index in [1.165, 1.54) is 68.8 Å². The Hall–Kier alpha value is -3.97. The number of rotatable bonds is 11. The van der Waals surface area contributed by atoms with Crippen molar-refractivity contribution < 1.29 is 31.1 Å². The fourth-order valence-electron chi connectivity index (χ4n) is 4.35. The molecule has 0 unspecified atom stereocenters. The Bertz CT molecular complexity index is 1900. The Morgan fingerprint density at radius 2 is 1.41 bits per heavy atom. The van der Waals surface area contributed by atoms with Gasteiger partial charge in [-0.3, -0.25) is 13.8 Å². The fraction of sp³-hybridized carbons (Fsp3) is 0.167. The lowest BCUT2D eigenvalue weighted by molar-refractivity contribution is -0.114. The lowest BCUT2D eigenvalue weighted by Gasteiger charge is -2.25. The molecule has 0 radical (unpaired) electrons. The molecular weight excluding hydrogens is 649 g/mol. The van der Waals surface area contributed by atoms with Crippen LogP contribution in [0.2, 0.25) is 10.0 Å². The van der Waals surface area contributed by atoms with E-state index in [9.17, 15) is 21.6 Å². The number of carbonyl (C=O) groups is 1. The second kappa shape index (κ2) is 13.3. The average molecular weight is 679 g/mol. The van der Waals surface area contributed by atoms with Crippen LogP contribution in [0, 0.1) is 13.8 Å². The van der Waals surface area contributed by atoms with Gasteiger partial charge in [-0.25, -0.2) is 16.8 Å². The Morgan fingerprint density at radius 1 is 0.795 bits per heavy atom. The van der Waals surface area contributed by atoms with Gasteiger partial charge in [0.2, 0.25) is 5.91 Å². The average Bonchev–Trinajstić information content (AvgIpc) is 2.97. The highest BCUT2D eigenvalue weighted by atomic mass is 35.5. The number of ether oxygens (including phenoxy) is 2. The molecule has 0 aliphatic heterocycles. The van der Waals surface area contributed by atoms with Crippen LogP contribution < -0.4 is 23.8 Å². The summed E-state index contributed by atoms with van der Waals surface area (Å²) in [4.78, 5) is 13.0. The van der Waals surface area contributed by atoms with E-state index >= 15 is 0 Å². The van der Waals surface area contributed by atoms with Crippen LogP contribution in [0.25, 0.3) is 0 Å². The Kier molecular flexibility index (Phi) is 9.99. The van der Waals surface area contributed by atoms with E-state index in [4.69, 9.17) is 32.7 Å². The molecule has 0 fully saturated rings. The number of hydrogen-bond donors (Lipinski definition) is 2. The molecule has 14 heteroatoms. The molecule has 0 saturated carbocycles. The number of halogens is 2. The van der Waals surface area contributed by atoms with Gasteiger partial charge in [-0.15, -0.1) is 0 Å². The van der Waals surface area contributed by atoms with Crippen LogP contribution in [0.15, 0.2) is 88.7 Å². The maximum atomic E-state index is 13.9. The Labute approximate surface area is 266 Å². The summed E-state index contributed by atoms with van der Waals surface area (Å²) >= 11 is 12.1. The van der Waals surface area contributed by atoms with E-state index in [-0.39, 0.29) is 37.0 Å². The predicted octanol–water partition coefficient (Wildman–Crippen LogP) is 6.26. The second-order valence-corrected chi connectivity index (χ2v) is 14.0. The number of anilines is 3. The number of aryl methyl sites for hydroxylation is 2. The van der Waals surface area contributed by atoms with E-state index in [1.54, 1.807) is 18.2 Å². The third-order valence-electron chi connectivity index (χ3n) is 6.37. The van der Waals surface area contributed by atoms with Crippen LogP contribution in [0.5, 0.6) is 11.5 Å². The predicted molar refractivity (Wildman–Crippen MR) is 172 cm³/mol. The number of hydrogen-bond acceptors (Lipinski definition) is 7. The SMILES string of the molecule is COc1ccc(S(=O)(=O)N(CC(=O)Nc2ccc(S(=O)(=O)Nc3cccc(Cl)c3Cl)cc2)c2cc(C)cc(C)c2)cc1OC. The zero-order valence-electron chi connectivity index (χ0n) is 24.1. The van der Waals surface area contributed by atoms with Crippen molar-refractivity contribution in [3.63, 3.8) is 0 Å². The van der Waals surface area contributed by atoms with E-state index in [1.807, 2.05) is 19.9 Å². The summed E-state index contributed by atoms with van der Waals surface area (Å²) < 4.78 is 67.5. The lowest BCUT2D eigenvalue weighted by Crippen LogP contribution is -2.38. The molecule has 4 aromatic carbocycles. The fourth-order valence-corrected chi connectivity index (χ4v) is 7.24. The van der Waals surface area contributed by atoms with Crippen LogP contribution in [0.3, 0.4) is 0 Å². The molecule has 2 N–H and O–H groups in total. The summed E-state index contributed by atoms with van der Waals surface area (Å²) in [5.41, 5.74) is 2.26. The van der Waals surface area contributed by atoms with Gasteiger partial charge in [-0.2, -0.15) is 0 Å². The van der Waals surface area contributed by atoms with Crippen molar-refractivity contribution in [1.82, 2.24) is 0 Å². The molecule has 0 aromatic heterocycles. The molecule has 0 bridgehead atoms. The summed E-state index contributed by atoms with van der Waals surface area (Å²) in [5.74, 6) is -0.105. The summed E-state index contributed by atoms with van der Waals surface area (Å²) in [6, 6.07) is 19.3. The molecule has 10 nitrogen and oxygen atoms in total. The highest BCUT2D eigenvalue weighted by Crippen LogP contribution is 2.33. The van der Waals surface area contributed by atoms with Gasteiger partial charge in [0.1, 0.15) is 6.54 Å². The van der Waals surface area contributed by atoms with Crippen LogP contribution >= 0.6 is 23.2 Å². The van der Waals surface area contributed by atoms with Gasteiger partial charge in [0.25, 0.3) is 20.0 Å². The molecule has 232 valence electrons. The topological polar surface area (TPSA) is 131 Å². The molecule has 0 heterocycles. The van der Waals surface area contributed by atoms with Crippen molar-refractivity contribution >= 4 is 66.2 Å². The zero-order valence-corrected chi connectivity index (χ0v) is 27.2. The maximum absolute atomic E-state index is 13.9. The van der Waals surface area contributed by atoms with Gasteiger partial charge in [-0.05, 0) is 85.6 Å². The summed E-state index contributed by atoms with van der Waals surface area (Å²) in [5, 5.41) is 2.88. The molecule has 0 aliphatic carbocycles. The van der Waals surface area contributed by atoms with Crippen LogP contribution in [0.4, 0.5) is 17.1 Å². The molecule has 0 aliphatic rings. The van der Waals surface area contributed by atoms with Crippen molar-refractivity contribution in [2.75, 3.05) is 35.1 Å². The van der Waals surface area contributed by atoms with Crippen LogP contribution in [0.1, 0.15) is 11.1 Å². The van der Waals surface area contributed by atoms with E-state index in [2.05, 4.69) is 10.0 Å². The number of nitrogens with zero attached hydrogens (tertiary/aromatic N) is 1. The van der Waals surface area contributed by atoms with E-state index in [0.29, 0.717) is 11.4 Å². The summed E-state index contributed by atoms with van der Waals surface area (Å²) in [6.45, 7) is 3.07. The number of methoxy groups -OCH3 is 2. The first kappa shape index (κ1) is 32.9. The number of sulfonamides is 2. The largest absolute Gasteiger partial charge is 0.493 e. The molecule has 0 spiro atoms. The Balaban J connectivity index is 1.59.